The van der Waals surface area contributed by atoms with Gasteiger partial charge in [0.15, 0.2) is 0 Å². The third kappa shape index (κ3) is 2.48. The summed E-state index contributed by atoms with van der Waals surface area (Å²) in [5.74, 6) is 0. The van der Waals surface area contributed by atoms with E-state index in [1.807, 2.05) is 13.8 Å². The van der Waals surface area contributed by atoms with Crippen LogP contribution in [0.15, 0.2) is 18.2 Å². The minimum Gasteiger partial charge on any atom is -0.385 e. The molecule has 0 aromatic heterocycles. The summed E-state index contributed by atoms with van der Waals surface area (Å²) in [6, 6.07) is 6.63. The average Bonchev–Trinajstić information content (AvgIpc) is 2.21. The smallest absolute Gasteiger partial charge is 0.0372 e. The van der Waals surface area contributed by atoms with E-state index < -0.39 is 0 Å². The van der Waals surface area contributed by atoms with E-state index in [0.717, 1.165) is 6.54 Å². The van der Waals surface area contributed by atoms with Gasteiger partial charge in [-0.05, 0) is 31.4 Å². The van der Waals surface area contributed by atoms with Crippen molar-refractivity contribution < 1.29 is 1.43 Å². The molecule has 1 N–H and O–H groups in total. The first-order chi connectivity index (χ1) is 6.36. The Hall–Kier alpha value is -0.980. The summed E-state index contributed by atoms with van der Waals surface area (Å²) in [7, 11) is 0. The van der Waals surface area contributed by atoms with Crippen molar-refractivity contribution in [3.05, 3.63) is 29.3 Å². The van der Waals surface area contributed by atoms with Crippen LogP contribution in [-0.2, 0) is 6.42 Å². The highest BCUT2D eigenvalue weighted by molar-refractivity contribution is 5.54. The summed E-state index contributed by atoms with van der Waals surface area (Å²) >= 11 is 0. The normalized spacial score (nSPS) is 13.5. The molecule has 13 heavy (non-hydrogen) atoms. The first-order valence-electron chi connectivity index (χ1n) is 5.20. The Bertz CT molecular complexity index is 271. The zero-order valence-electron chi connectivity index (χ0n) is 8.85. The summed E-state index contributed by atoms with van der Waals surface area (Å²) in [4.78, 5) is 0. The molecule has 0 spiro atoms. The molecular weight excluding hydrogens is 158 g/mol. The molecule has 1 aliphatic heterocycles. The van der Waals surface area contributed by atoms with Crippen LogP contribution in [0.5, 0.6) is 0 Å². The van der Waals surface area contributed by atoms with Crippen molar-refractivity contribution in [3.63, 3.8) is 0 Å². The maximum absolute atomic E-state index is 3.39. The number of fused-ring (bicyclic) bond motifs is 1. The first kappa shape index (κ1) is 10.1. The molecule has 0 aliphatic carbocycles. The highest BCUT2D eigenvalue weighted by atomic mass is 14.9. The van der Waals surface area contributed by atoms with Crippen LogP contribution >= 0.6 is 0 Å². The molecule has 1 heterocycles. The van der Waals surface area contributed by atoms with E-state index in [-0.39, 0.29) is 1.43 Å². The van der Waals surface area contributed by atoms with Crippen LogP contribution in [0.25, 0.3) is 0 Å². The monoisotopic (exact) mass is 179 g/mol. The van der Waals surface area contributed by atoms with Crippen LogP contribution in [0.1, 0.15) is 32.8 Å². The number of rotatable bonds is 0. The van der Waals surface area contributed by atoms with Gasteiger partial charge in [-0.2, -0.15) is 0 Å². The third-order valence-corrected chi connectivity index (χ3v) is 2.20. The van der Waals surface area contributed by atoms with Gasteiger partial charge in [0, 0.05) is 13.7 Å². The maximum Gasteiger partial charge on any atom is 0.0372 e. The van der Waals surface area contributed by atoms with Crippen molar-refractivity contribution >= 4 is 5.69 Å². The molecule has 1 aromatic rings. The molecule has 1 aliphatic rings. The number of hydrogen-bond acceptors (Lipinski definition) is 1. The number of anilines is 1. The average molecular weight is 179 g/mol. The summed E-state index contributed by atoms with van der Waals surface area (Å²) in [6.07, 6.45) is 2.51. The SMILES string of the molecule is CC.Cc1ccc2c(c1)CCCN2.[HH]. The Morgan fingerprint density at radius 3 is 2.85 bits per heavy atom. The molecule has 0 saturated heterocycles. The van der Waals surface area contributed by atoms with Gasteiger partial charge in [0.2, 0.25) is 0 Å². The maximum atomic E-state index is 3.39. The Morgan fingerprint density at radius 2 is 2.08 bits per heavy atom. The largest absolute Gasteiger partial charge is 0.385 e. The second-order valence-electron chi connectivity index (χ2n) is 3.19. The van der Waals surface area contributed by atoms with Crippen LogP contribution in [0.3, 0.4) is 0 Å². The number of nitrogens with one attached hydrogen (secondary N) is 1. The molecule has 1 aromatic carbocycles. The summed E-state index contributed by atoms with van der Waals surface area (Å²) in [5.41, 5.74) is 4.19. The quantitative estimate of drug-likeness (QED) is 0.641. The molecular formula is C12H21N. The predicted octanol–water partition coefficient (Wildman–Crippen LogP) is 3.63. The molecule has 2 rings (SSSR count). The van der Waals surface area contributed by atoms with Gasteiger partial charge < -0.3 is 5.32 Å². The minimum absolute atomic E-state index is 0. The van der Waals surface area contributed by atoms with Crippen molar-refractivity contribution in [2.24, 2.45) is 0 Å². The van der Waals surface area contributed by atoms with Crippen LogP contribution in [0.4, 0.5) is 5.69 Å². The van der Waals surface area contributed by atoms with Gasteiger partial charge in [0.1, 0.15) is 0 Å². The summed E-state index contributed by atoms with van der Waals surface area (Å²) in [5, 5.41) is 3.39. The molecule has 1 heteroatoms. The summed E-state index contributed by atoms with van der Waals surface area (Å²) in [6.45, 7) is 7.28. The minimum atomic E-state index is 0. The molecule has 0 fully saturated rings. The molecule has 0 amide bonds. The highest BCUT2D eigenvalue weighted by Crippen LogP contribution is 2.22. The van der Waals surface area contributed by atoms with E-state index in [4.69, 9.17) is 0 Å². The molecule has 74 valence electrons. The first-order valence-corrected chi connectivity index (χ1v) is 5.20. The van der Waals surface area contributed by atoms with E-state index in [0.29, 0.717) is 0 Å². The van der Waals surface area contributed by atoms with Gasteiger partial charge in [-0.15, -0.1) is 0 Å². The standard InChI is InChI=1S/C10H13N.C2H6.H2/c1-8-4-5-10-9(7-8)3-2-6-11-10;1-2;/h4-5,7,11H,2-3,6H2,1H3;1-2H3;1H. The van der Waals surface area contributed by atoms with Crippen LogP contribution < -0.4 is 5.32 Å². The van der Waals surface area contributed by atoms with E-state index in [1.54, 1.807) is 0 Å². The second-order valence-corrected chi connectivity index (χ2v) is 3.19. The zero-order valence-corrected chi connectivity index (χ0v) is 8.85. The Morgan fingerprint density at radius 1 is 1.31 bits per heavy atom. The fraction of sp³-hybridized carbons (Fsp3) is 0.500. The lowest BCUT2D eigenvalue weighted by atomic mass is 10.0. The Labute approximate surface area is 82.7 Å². The zero-order chi connectivity index (χ0) is 9.68. The van der Waals surface area contributed by atoms with Crippen molar-refractivity contribution in [2.75, 3.05) is 11.9 Å². The number of aryl methyl sites for hydroxylation is 2. The fourth-order valence-electron chi connectivity index (χ4n) is 1.60. The molecule has 1 nitrogen and oxygen atoms in total. The number of benzene rings is 1. The van der Waals surface area contributed by atoms with E-state index in [2.05, 4.69) is 30.4 Å². The second kappa shape index (κ2) is 4.90. The van der Waals surface area contributed by atoms with Crippen molar-refractivity contribution in [1.29, 1.82) is 0 Å². The summed E-state index contributed by atoms with van der Waals surface area (Å²) < 4.78 is 0. The van der Waals surface area contributed by atoms with Gasteiger partial charge in [-0.3, -0.25) is 0 Å². The lowest BCUT2D eigenvalue weighted by Crippen LogP contribution is -2.11. The Kier molecular flexibility index (Phi) is 3.81. The van der Waals surface area contributed by atoms with Crippen LogP contribution in [-0.4, -0.2) is 6.54 Å². The van der Waals surface area contributed by atoms with Gasteiger partial charge in [0.05, 0.1) is 0 Å². The van der Waals surface area contributed by atoms with E-state index in [9.17, 15) is 0 Å². The topological polar surface area (TPSA) is 12.0 Å². The molecule has 0 atom stereocenters. The van der Waals surface area contributed by atoms with E-state index in [1.165, 1.54) is 29.7 Å². The molecule has 0 saturated carbocycles. The van der Waals surface area contributed by atoms with Crippen molar-refractivity contribution in [1.82, 2.24) is 0 Å². The van der Waals surface area contributed by atoms with Gasteiger partial charge in [-0.1, -0.05) is 31.5 Å². The highest BCUT2D eigenvalue weighted by Gasteiger charge is 2.06. The molecule has 0 unspecified atom stereocenters. The molecule has 0 bridgehead atoms. The molecule has 0 radical (unpaired) electrons. The van der Waals surface area contributed by atoms with Gasteiger partial charge in [-0.25, -0.2) is 0 Å². The fourth-order valence-corrected chi connectivity index (χ4v) is 1.60. The Balaban J connectivity index is 0.000000531. The van der Waals surface area contributed by atoms with Crippen molar-refractivity contribution in [2.45, 2.75) is 33.6 Å². The van der Waals surface area contributed by atoms with Crippen LogP contribution in [0.2, 0.25) is 0 Å². The lowest BCUT2D eigenvalue weighted by molar-refractivity contribution is 0.829. The van der Waals surface area contributed by atoms with Crippen molar-refractivity contribution in [3.8, 4) is 0 Å². The van der Waals surface area contributed by atoms with Gasteiger partial charge in [0.25, 0.3) is 0 Å². The van der Waals surface area contributed by atoms with Crippen LogP contribution in [0, 0.1) is 6.92 Å². The lowest BCUT2D eigenvalue weighted by Gasteiger charge is -2.17. The van der Waals surface area contributed by atoms with Gasteiger partial charge >= 0.3 is 0 Å². The predicted molar refractivity (Wildman–Crippen MR) is 61.5 cm³/mol. The van der Waals surface area contributed by atoms with E-state index >= 15 is 0 Å². The third-order valence-electron chi connectivity index (χ3n) is 2.20. The number of hydrogen-bond donors (Lipinski definition) is 1.